The molecule has 0 radical (unpaired) electrons. The molecule has 3 fully saturated rings. The van der Waals surface area contributed by atoms with E-state index >= 15 is 0 Å². The van der Waals surface area contributed by atoms with Crippen LogP contribution in [0.1, 0.15) is 114 Å². The van der Waals surface area contributed by atoms with Crippen LogP contribution in [0.25, 0.3) is 0 Å². The Bertz CT molecular complexity index is 871. The quantitative estimate of drug-likeness (QED) is 0.167. The van der Waals surface area contributed by atoms with E-state index in [1.165, 1.54) is 12.8 Å². The maximum absolute atomic E-state index is 9.50. The molecule has 0 aromatic carbocycles. The average molecular weight is 577 g/mol. The van der Waals surface area contributed by atoms with Gasteiger partial charge in [-0.25, -0.2) is 0 Å². The van der Waals surface area contributed by atoms with Crippen molar-refractivity contribution in [1.29, 1.82) is 5.41 Å². The van der Waals surface area contributed by atoms with E-state index < -0.39 is 0 Å². The van der Waals surface area contributed by atoms with Crippen LogP contribution < -0.4 is 11.1 Å². The fourth-order valence-electron chi connectivity index (χ4n) is 7.77. The van der Waals surface area contributed by atoms with E-state index in [4.69, 9.17) is 15.5 Å². The zero-order valence-corrected chi connectivity index (χ0v) is 28.4. The summed E-state index contributed by atoms with van der Waals surface area (Å²) >= 11 is 0. The molecule has 3 heterocycles. The Morgan fingerprint density at radius 3 is 1.88 bits per heavy atom. The number of guanidine groups is 2. The number of hydrogen-bond acceptors (Lipinski definition) is 5. The number of ether oxygens (including phenoxy) is 1. The van der Waals surface area contributed by atoms with Crippen LogP contribution >= 0.6 is 0 Å². The van der Waals surface area contributed by atoms with Gasteiger partial charge >= 0.3 is 0 Å². The standard InChI is InChI=1S/C32H64N8O/c1-12-13-14-15-26(35-24-20-29(2,3)37(10)30(4,5)21-24)40(25-22-31(6,7)38(11)32(8,9)23-25)28(34)36-27(33)39-16-18-41-19-17-39/h24-26,35H,12-23H2,1-11H3,(H3,33,34,36). The lowest BCUT2D eigenvalue weighted by Gasteiger charge is -2.57. The van der Waals surface area contributed by atoms with Crippen molar-refractivity contribution in [3.63, 3.8) is 0 Å². The molecule has 3 rings (SSSR count). The highest BCUT2D eigenvalue weighted by molar-refractivity contribution is 5.93. The molecule has 3 aliphatic rings. The first-order valence-corrected chi connectivity index (χ1v) is 16.2. The Hall–Kier alpha value is -1.42. The molecule has 41 heavy (non-hydrogen) atoms. The van der Waals surface area contributed by atoms with Gasteiger partial charge in [0.1, 0.15) is 0 Å². The summed E-state index contributed by atoms with van der Waals surface area (Å²) in [6.07, 6.45) is 8.59. The second-order valence-electron chi connectivity index (χ2n) is 15.5. The average Bonchev–Trinajstić information content (AvgIpc) is 2.86. The van der Waals surface area contributed by atoms with E-state index in [0.717, 1.165) is 51.6 Å². The van der Waals surface area contributed by atoms with Crippen molar-refractivity contribution < 1.29 is 4.74 Å². The van der Waals surface area contributed by atoms with E-state index in [1.807, 2.05) is 0 Å². The van der Waals surface area contributed by atoms with E-state index in [-0.39, 0.29) is 40.3 Å². The number of piperidine rings is 2. The first kappa shape index (κ1) is 34.1. The first-order chi connectivity index (χ1) is 18.9. The van der Waals surface area contributed by atoms with Gasteiger partial charge in [0, 0.05) is 47.3 Å². The molecule has 0 bridgehead atoms. The molecule has 3 aliphatic heterocycles. The number of unbranched alkanes of at least 4 members (excludes halogenated alkanes) is 2. The minimum atomic E-state index is -0.00405. The maximum Gasteiger partial charge on any atom is 0.222 e. The lowest BCUT2D eigenvalue weighted by atomic mass is 9.76. The minimum Gasteiger partial charge on any atom is -0.378 e. The van der Waals surface area contributed by atoms with Gasteiger partial charge in [-0.1, -0.05) is 26.2 Å². The summed E-state index contributed by atoms with van der Waals surface area (Å²) in [5.74, 6) is 0.721. The lowest BCUT2D eigenvalue weighted by molar-refractivity contribution is -0.0510. The minimum absolute atomic E-state index is 0.00405. The summed E-state index contributed by atoms with van der Waals surface area (Å²) in [7, 11) is 4.52. The van der Waals surface area contributed by atoms with Crippen LogP contribution in [-0.2, 0) is 4.74 Å². The Labute approximate surface area is 252 Å². The van der Waals surface area contributed by atoms with E-state index in [2.05, 4.69) is 101 Å². The van der Waals surface area contributed by atoms with Crippen molar-refractivity contribution in [1.82, 2.24) is 24.9 Å². The molecule has 0 amide bonds. The predicted molar refractivity (Wildman–Crippen MR) is 173 cm³/mol. The van der Waals surface area contributed by atoms with Crippen LogP contribution in [0.5, 0.6) is 0 Å². The van der Waals surface area contributed by atoms with Gasteiger partial charge < -0.3 is 20.3 Å². The van der Waals surface area contributed by atoms with E-state index in [0.29, 0.717) is 25.2 Å². The molecule has 1 unspecified atom stereocenters. The molecular weight excluding hydrogens is 512 g/mol. The number of rotatable bonds is 8. The highest BCUT2D eigenvalue weighted by Gasteiger charge is 2.48. The second-order valence-corrected chi connectivity index (χ2v) is 15.5. The Kier molecular flexibility index (Phi) is 10.9. The summed E-state index contributed by atoms with van der Waals surface area (Å²) in [6.45, 7) is 23.8. The molecule has 1 atom stereocenters. The smallest absolute Gasteiger partial charge is 0.222 e. The van der Waals surface area contributed by atoms with Gasteiger partial charge in [-0.2, -0.15) is 4.99 Å². The normalized spacial score (nSPS) is 26.6. The molecule has 9 heteroatoms. The molecule has 238 valence electrons. The molecule has 0 saturated carbocycles. The third kappa shape index (κ3) is 8.15. The number of aliphatic imine (C=N–C) groups is 1. The number of nitrogens with one attached hydrogen (secondary N) is 2. The molecular formula is C32H64N8O. The van der Waals surface area contributed by atoms with Crippen molar-refractivity contribution in [2.75, 3.05) is 40.4 Å². The first-order valence-electron chi connectivity index (χ1n) is 16.2. The highest BCUT2D eigenvalue weighted by Crippen LogP contribution is 2.41. The SMILES string of the molecule is CCCCCC(NC1CC(C)(C)N(C)C(C)(C)C1)N(C(=N)/N=C(\N)N1CCOCC1)C1CC(C)(C)N(C)C(C)(C)C1. The van der Waals surface area contributed by atoms with Gasteiger partial charge in [-0.15, -0.1) is 0 Å². The van der Waals surface area contributed by atoms with Crippen LogP contribution in [0.3, 0.4) is 0 Å². The Balaban J connectivity index is 2.00. The van der Waals surface area contributed by atoms with Crippen molar-refractivity contribution in [3.8, 4) is 0 Å². The van der Waals surface area contributed by atoms with Gasteiger partial charge in [-0.05, 0) is 102 Å². The highest BCUT2D eigenvalue weighted by atomic mass is 16.5. The fourth-order valence-corrected chi connectivity index (χ4v) is 7.77. The maximum atomic E-state index is 9.50. The van der Waals surface area contributed by atoms with E-state index in [9.17, 15) is 5.41 Å². The van der Waals surface area contributed by atoms with Crippen LogP contribution in [0.2, 0.25) is 0 Å². The molecule has 3 saturated heterocycles. The van der Waals surface area contributed by atoms with Gasteiger partial charge in [-0.3, -0.25) is 20.5 Å². The van der Waals surface area contributed by atoms with Gasteiger partial charge in [0.25, 0.3) is 0 Å². The van der Waals surface area contributed by atoms with Crippen LogP contribution in [0.4, 0.5) is 0 Å². The predicted octanol–water partition coefficient (Wildman–Crippen LogP) is 4.67. The van der Waals surface area contributed by atoms with Crippen LogP contribution in [0.15, 0.2) is 4.99 Å². The number of nitrogens with two attached hydrogens (primary N) is 1. The largest absolute Gasteiger partial charge is 0.378 e. The fraction of sp³-hybridized carbons (Fsp3) is 0.938. The lowest BCUT2D eigenvalue weighted by Crippen LogP contribution is -2.67. The third-order valence-electron chi connectivity index (χ3n) is 10.6. The van der Waals surface area contributed by atoms with Crippen molar-refractivity contribution >= 4 is 11.9 Å². The summed E-state index contributed by atoms with van der Waals surface area (Å²) in [4.78, 5) is 14.3. The van der Waals surface area contributed by atoms with Crippen LogP contribution in [0, 0.1) is 5.41 Å². The van der Waals surface area contributed by atoms with Gasteiger partial charge in [0.05, 0.1) is 19.4 Å². The molecule has 0 aromatic heterocycles. The van der Waals surface area contributed by atoms with Crippen LogP contribution in [-0.4, -0.2) is 112 Å². The van der Waals surface area contributed by atoms with Crippen molar-refractivity contribution in [2.24, 2.45) is 10.7 Å². The number of morpholine rings is 1. The summed E-state index contributed by atoms with van der Waals surface area (Å²) in [6, 6.07) is 0.530. The number of hydrogen-bond donors (Lipinski definition) is 3. The monoisotopic (exact) mass is 577 g/mol. The summed E-state index contributed by atoms with van der Waals surface area (Å²) in [5, 5.41) is 13.6. The zero-order chi connectivity index (χ0) is 30.8. The van der Waals surface area contributed by atoms with Crippen molar-refractivity contribution in [2.45, 2.75) is 154 Å². The van der Waals surface area contributed by atoms with Crippen molar-refractivity contribution in [3.05, 3.63) is 0 Å². The van der Waals surface area contributed by atoms with E-state index in [1.54, 1.807) is 0 Å². The summed E-state index contributed by atoms with van der Waals surface area (Å²) < 4.78 is 5.54. The number of likely N-dealkylation sites (tertiary alicyclic amines) is 2. The molecule has 4 N–H and O–H groups in total. The molecule has 0 aromatic rings. The molecule has 0 spiro atoms. The Morgan fingerprint density at radius 2 is 1.39 bits per heavy atom. The Morgan fingerprint density at radius 1 is 0.902 bits per heavy atom. The topological polar surface area (TPSA) is 96.4 Å². The second kappa shape index (κ2) is 13.1. The third-order valence-corrected chi connectivity index (χ3v) is 10.6. The molecule has 9 nitrogen and oxygen atoms in total. The number of nitrogens with zero attached hydrogens (tertiary/aromatic N) is 5. The summed E-state index contributed by atoms with van der Waals surface area (Å²) in [5.41, 5.74) is 6.72. The molecule has 0 aliphatic carbocycles. The zero-order valence-electron chi connectivity index (χ0n) is 28.4. The van der Waals surface area contributed by atoms with Gasteiger partial charge in [0.15, 0.2) is 5.96 Å². The van der Waals surface area contributed by atoms with Gasteiger partial charge in [0.2, 0.25) is 5.96 Å².